The van der Waals surface area contributed by atoms with Gasteiger partial charge in [-0.05, 0) is 12.8 Å². The van der Waals surface area contributed by atoms with Crippen molar-refractivity contribution in [3.05, 3.63) is 23.8 Å². The minimum atomic E-state index is 0.0457. The summed E-state index contributed by atoms with van der Waals surface area (Å²) in [4.78, 5) is 11.0. The van der Waals surface area contributed by atoms with Gasteiger partial charge in [-0.25, -0.2) is 0 Å². The second-order valence-electron chi connectivity index (χ2n) is 2.24. The smallest absolute Gasteiger partial charge is 0.246 e. The summed E-state index contributed by atoms with van der Waals surface area (Å²) in [7, 11) is 1.65. The third-order valence-corrected chi connectivity index (χ3v) is 1.53. The number of carbonyl (C=O) groups excluding carboxylic acids is 1. The number of nitrogens with one attached hydrogen (secondary N) is 1. The Labute approximate surface area is 60.6 Å². The van der Waals surface area contributed by atoms with Gasteiger partial charge < -0.3 is 5.32 Å². The number of likely N-dealkylation sites (N-methyl/N-ethyl adjacent to an activating group) is 1. The number of hydrogen-bond acceptors (Lipinski definition) is 1. The molecule has 0 fully saturated rings. The lowest BCUT2D eigenvalue weighted by molar-refractivity contribution is -0.117. The molecule has 0 aromatic carbocycles. The lowest BCUT2D eigenvalue weighted by atomic mass is 10.1. The van der Waals surface area contributed by atoms with E-state index in [-0.39, 0.29) is 5.91 Å². The fourth-order valence-electron chi connectivity index (χ4n) is 0.952. The molecule has 0 spiro atoms. The largest absolute Gasteiger partial charge is 0.355 e. The quantitative estimate of drug-likeness (QED) is 0.574. The Bertz CT molecular complexity index is 191. The van der Waals surface area contributed by atoms with Crippen LogP contribution in [-0.2, 0) is 4.79 Å². The molecule has 1 amide bonds. The fraction of sp³-hybridized carbons (Fsp3) is 0.375. The molecule has 1 N–H and O–H groups in total. The highest BCUT2D eigenvalue weighted by Crippen LogP contribution is 2.10. The number of carbonyl (C=O) groups is 1. The summed E-state index contributed by atoms with van der Waals surface area (Å²) in [5, 5.41) is 2.59. The van der Waals surface area contributed by atoms with E-state index in [1.807, 2.05) is 12.2 Å². The van der Waals surface area contributed by atoms with Crippen LogP contribution in [0.25, 0.3) is 0 Å². The molecular formula is C8H11NO. The van der Waals surface area contributed by atoms with Crippen LogP contribution in [0.4, 0.5) is 0 Å². The van der Waals surface area contributed by atoms with Gasteiger partial charge in [0, 0.05) is 12.6 Å². The zero-order chi connectivity index (χ0) is 7.40. The van der Waals surface area contributed by atoms with Gasteiger partial charge in [0.25, 0.3) is 0 Å². The normalized spacial score (nSPS) is 16.3. The second-order valence-corrected chi connectivity index (χ2v) is 2.24. The van der Waals surface area contributed by atoms with Crippen molar-refractivity contribution in [3.63, 3.8) is 0 Å². The molecule has 2 nitrogen and oxygen atoms in total. The minimum Gasteiger partial charge on any atom is -0.355 e. The van der Waals surface area contributed by atoms with E-state index in [1.165, 1.54) is 0 Å². The van der Waals surface area contributed by atoms with E-state index < -0.39 is 0 Å². The van der Waals surface area contributed by atoms with Gasteiger partial charge in [0.1, 0.15) is 0 Å². The molecule has 0 heterocycles. The Kier molecular flexibility index (Phi) is 2.26. The van der Waals surface area contributed by atoms with E-state index >= 15 is 0 Å². The van der Waals surface area contributed by atoms with E-state index in [4.69, 9.17) is 0 Å². The van der Waals surface area contributed by atoms with Crippen molar-refractivity contribution in [2.24, 2.45) is 0 Å². The Hall–Kier alpha value is -1.05. The summed E-state index contributed by atoms with van der Waals surface area (Å²) in [6.45, 7) is 0. The number of allylic oxidation sites excluding steroid dienone is 3. The minimum absolute atomic E-state index is 0.0457. The van der Waals surface area contributed by atoms with Crippen molar-refractivity contribution in [3.8, 4) is 0 Å². The molecule has 1 aliphatic carbocycles. The van der Waals surface area contributed by atoms with Crippen molar-refractivity contribution in [2.75, 3.05) is 7.05 Å². The van der Waals surface area contributed by atoms with Gasteiger partial charge in [-0.2, -0.15) is 0 Å². The average molecular weight is 137 g/mol. The first-order valence-electron chi connectivity index (χ1n) is 3.42. The summed E-state index contributed by atoms with van der Waals surface area (Å²) < 4.78 is 0. The maximum absolute atomic E-state index is 11.0. The monoisotopic (exact) mass is 137 g/mol. The van der Waals surface area contributed by atoms with Crippen LogP contribution in [0.1, 0.15) is 12.8 Å². The van der Waals surface area contributed by atoms with E-state index in [9.17, 15) is 4.79 Å². The fourth-order valence-corrected chi connectivity index (χ4v) is 0.952. The third-order valence-electron chi connectivity index (χ3n) is 1.53. The molecule has 0 saturated carbocycles. The van der Waals surface area contributed by atoms with E-state index in [0.29, 0.717) is 0 Å². The van der Waals surface area contributed by atoms with Crippen LogP contribution in [-0.4, -0.2) is 13.0 Å². The molecule has 0 unspecified atom stereocenters. The molecule has 0 bridgehead atoms. The molecular weight excluding hydrogens is 126 g/mol. The SMILES string of the molecule is CNC(=O)C1=CC=CCC1. The van der Waals surface area contributed by atoms with Crippen LogP contribution in [0.2, 0.25) is 0 Å². The molecule has 0 radical (unpaired) electrons. The van der Waals surface area contributed by atoms with Gasteiger partial charge in [-0.3, -0.25) is 4.79 Å². The molecule has 54 valence electrons. The number of hydrogen-bond donors (Lipinski definition) is 1. The number of rotatable bonds is 1. The maximum Gasteiger partial charge on any atom is 0.246 e. The van der Waals surface area contributed by atoms with Crippen LogP contribution in [0.15, 0.2) is 23.8 Å². The molecule has 1 rings (SSSR count). The van der Waals surface area contributed by atoms with E-state index in [2.05, 4.69) is 11.4 Å². The van der Waals surface area contributed by atoms with Gasteiger partial charge in [0.15, 0.2) is 0 Å². The van der Waals surface area contributed by atoms with Crippen LogP contribution in [0, 0.1) is 0 Å². The zero-order valence-electron chi connectivity index (χ0n) is 6.05. The van der Waals surface area contributed by atoms with Gasteiger partial charge in [0.05, 0.1) is 0 Å². The van der Waals surface area contributed by atoms with Gasteiger partial charge in [0.2, 0.25) is 5.91 Å². The van der Waals surface area contributed by atoms with Gasteiger partial charge in [-0.15, -0.1) is 0 Å². The summed E-state index contributed by atoms with van der Waals surface area (Å²) >= 11 is 0. The highest BCUT2D eigenvalue weighted by Gasteiger charge is 2.06. The zero-order valence-corrected chi connectivity index (χ0v) is 6.05. The molecule has 1 aliphatic rings. The predicted octanol–water partition coefficient (Wildman–Crippen LogP) is 1.01. The molecule has 0 aliphatic heterocycles. The molecule has 0 aromatic rings. The first-order valence-corrected chi connectivity index (χ1v) is 3.42. The van der Waals surface area contributed by atoms with Crippen LogP contribution in [0.5, 0.6) is 0 Å². The summed E-state index contributed by atoms with van der Waals surface area (Å²) in [5.74, 6) is 0.0457. The first kappa shape index (κ1) is 7.06. The summed E-state index contributed by atoms with van der Waals surface area (Å²) in [5.41, 5.74) is 0.880. The van der Waals surface area contributed by atoms with Gasteiger partial charge >= 0.3 is 0 Å². The van der Waals surface area contributed by atoms with Crippen molar-refractivity contribution >= 4 is 5.91 Å². The summed E-state index contributed by atoms with van der Waals surface area (Å²) in [6, 6.07) is 0. The molecule has 10 heavy (non-hydrogen) atoms. The van der Waals surface area contributed by atoms with Crippen molar-refractivity contribution < 1.29 is 4.79 Å². The van der Waals surface area contributed by atoms with Crippen molar-refractivity contribution in [2.45, 2.75) is 12.8 Å². The average Bonchev–Trinajstić information content (AvgIpc) is 2.05. The molecule has 2 heteroatoms. The molecule has 0 saturated heterocycles. The standard InChI is InChI=1S/C8H11NO/c1-9-8(10)7-5-3-2-4-6-7/h2-3,5H,4,6H2,1H3,(H,9,10). The Morgan fingerprint density at radius 2 is 2.50 bits per heavy atom. The van der Waals surface area contributed by atoms with Crippen LogP contribution >= 0.6 is 0 Å². The maximum atomic E-state index is 11.0. The summed E-state index contributed by atoms with van der Waals surface area (Å²) in [6.07, 6.45) is 7.71. The Balaban J connectivity index is 2.62. The van der Waals surface area contributed by atoms with Crippen molar-refractivity contribution in [1.82, 2.24) is 5.32 Å². The van der Waals surface area contributed by atoms with E-state index in [0.717, 1.165) is 18.4 Å². The lowest BCUT2D eigenvalue weighted by Crippen LogP contribution is -2.20. The number of amides is 1. The van der Waals surface area contributed by atoms with Crippen molar-refractivity contribution in [1.29, 1.82) is 0 Å². The van der Waals surface area contributed by atoms with E-state index in [1.54, 1.807) is 7.05 Å². The third kappa shape index (κ3) is 1.47. The molecule has 0 atom stereocenters. The second kappa shape index (κ2) is 3.20. The van der Waals surface area contributed by atoms with Gasteiger partial charge in [-0.1, -0.05) is 18.2 Å². The van der Waals surface area contributed by atoms with Crippen LogP contribution < -0.4 is 5.32 Å². The first-order chi connectivity index (χ1) is 4.84. The highest BCUT2D eigenvalue weighted by atomic mass is 16.1. The topological polar surface area (TPSA) is 29.1 Å². The Morgan fingerprint density at radius 1 is 1.70 bits per heavy atom. The lowest BCUT2D eigenvalue weighted by Gasteiger charge is -2.05. The molecule has 0 aromatic heterocycles. The highest BCUT2D eigenvalue weighted by molar-refractivity contribution is 5.93. The van der Waals surface area contributed by atoms with Crippen LogP contribution in [0.3, 0.4) is 0 Å². The predicted molar refractivity (Wildman–Crippen MR) is 40.5 cm³/mol. The Morgan fingerprint density at radius 3 is 3.00 bits per heavy atom.